The number of nitrogens with zero attached hydrogens (tertiary/aromatic N) is 4. The van der Waals surface area contributed by atoms with Crippen molar-refractivity contribution in [3.05, 3.63) is 170 Å². The predicted octanol–water partition coefficient (Wildman–Crippen LogP) is 13.3. The average molecular weight is 733 g/mol. The van der Waals surface area contributed by atoms with Gasteiger partial charge in [-0.3, -0.25) is 0 Å². The Hall–Kier alpha value is -7.90. The van der Waals surface area contributed by atoms with Crippen LogP contribution in [0.2, 0.25) is 0 Å². The molecule has 0 aliphatic carbocycles. The lowest BCUT2D eigenvalue weighted by atomic mass is 10.0. The summed E-state index contributed by atoms with van der Waals surface area (Å²) in [5.41, 5.74) is 10.2. The topological polar surface area (TPSA) is 91.0 Å². The van der Waals surface area contributed by atoms with Crippen molar-refractivity contribution < 1.29 is 13.3 Å². The SMILES string of the molecule is c1ccc(-c2nc(-c3ccc(-c4cccc5c4oc4ccc6nc(-c7ccc8ccccc8c7)oc6c45)cc3)nc(-c3ccc4c(c3)oc3ccccc34)n2)cc1. The third-order valence-corrected chi connectivity index (χ3v) is 10.8. The van der Waals surface area contributed by atoms with Crippen LogP contribution in [-0.4, -0.2) is 19.9 Å². The molecule has 57 heavy (non-hydrogen) atoms. The Labute approximate surface area is 324 Å². The highest BCUT2D eigenvalue weighted by atomic mass is 16.4. The summed E-state index contributed by atoms with van der Waals surface area (Å²) in [4.78, 5) is 19.8. The van der Waals surface area contributed by atoms with Crippen molar-refractivity contribution in [3.8, 4) is 56.7 Å². The van der Waals surface area contributed by atoms with Gasteiger partial charge in [-0.25, -0.2) is 19.9 Å². The molecule has 7 heteroatoms. The first kappa shape index (κ1) is 31.5. The fourth-order valence-electron chi connectivity index (χ4n) is 7.96. The van der Waals surface area contributed by atoms with Gasteiger partial charge in [-0.2, -0.15) is 0 Å². The maximum Gasteiger partial charge on any atom is 0.227 e. The third kappa shape index (κ3) is 5.13. The molecule has 0 saturated carbocycles. The fraction of sp³-hybridized carbons (Fsp3) is 0. The van der Waals surface area contributed by atoms with E-state index in [1.807, 2.05) is 84.9 Å². The highest BCUT2D eigenvalue weighted by molar-refractivity contribution is 6.18. The van der Waals surface area contributed by atoms with Crippen LogP contribution >= 0.6 is 0 Å². The van der Waals surface area contributed by atoms with E-state index < -0.39 is 0 Å². The predicted molar refractivity (Wildman–Crippen MR) is 227 cm³/mol. The second kappa shape index (κ2) is 12.3. The summed E-state index contributed by atoms with van der Waals surface area (Å²) >= 11 is 0. The number of rotatable bonds is 5. The molecule has 266 valence electrons. The van der Waals surface area contributed by atoms with Crippen molar-refractivity contribution in [3.63, 3.8) is 0 Å². The Morgan fingerprint density at radius 3 is 1.86 bits per heavy atom. The molecule has 12 rings (SSSR count). The van der Waals surface area contributed by atoms with E-state index in [1.54, 1.807) is 0 Å². The molecule has 0 amide bonds. The lowest BCUT2D eigenvalue weighted by molar-refractivity contribution is 0.622. The van der Waals surface area contributed by atoms with Crippen molar-refractivity contribution >= 4 is 65.7 Å². The molecule has 4 heterocycles. The average Bonchev–Trinajstić information content (AvgIpc) is 3.99. The largest absolute Gasteiger partial charge is 0.456 e. The number of benzene rings is 8. The van der Waals surface area contributed by atoms with E-state index in [0.29, 0.717) is 28.9 Å². The van der Waals surface area contributed by atoms with Crippen LogP contribution in [0, 0.1) is 0 Å². The van der Waals surface area contributed by atoms with Crippen molar-refractivity contribution in [2.24, 2.45) is 0 Å². The molecule has 0 radical (unpaired) electrons. The van der Waals surface area contributed by atoms with Gasteiger partial charge in [-0.15, -0.1) is 0 Å². The second-order valence-corrected chi connectivity index (χ2v) is 14.2. The minimum atomic E-state index is 0.569. The maximum absolute atomic E-state index is 6.58. The Morgan fingerprint density at radius 2 is 1.00 bits per heavy atom. The number of para-hydroxylation sites is 2. The molecule has 0 N–H and O–H groups in total. The number of oxazole rings is 1. The van der Waals surface area contributed by atoms with E-state index >= 15 is 0 Å². The molecule has 12 aromatic rings. The smallest absolute Gasteiger partial charge is 0.227 e. The fourth-order valence-corrected chi connectivity index (χ4v) is 7.96. The van der Waals surface area contributed by atoms with Gasteiger partial charge in [-0.1, -0.05) is 127 Å². The van der Waals surface area contributed by atoms with Crippen LogP contribution in [0.3, 0.4) is 0 Å². The van der Waals surface area contributed by atoms with Crippen LogP contribution in [0.5, 0.6) is 0 Å². The summed E-state index contributed by atoms with van der Waals surface area (Å²) in [6.07, 6.45) is 0. The van der Waals surface area contributed by atoms with Gasteiger partial charge in [-0.05, 0) is 58.8 Å². The van der Waals surface area contributed by atoms with Gasteiger partial charge in [0.25, 0.3) is 0 Å². The second-order valence-electron chi connectivity index (χ2n) is 14.2. The first-order valence-electron chi connectivity index (χ1n) is 18.8. The summed E-state index contributed by atoms with van der Waals surface area (Å²) in [6.45, 7) is 0. The standard InChI is InChI=1S/C50H28N4O3/c1-2-10-31(11-3-1)47-52-48(54-49(53-47)34-23-24-38-37-13-6-7-16-41(37)55-43(38)28-34)32-20-18-30(19-21-32)36-14-8-15-39-44-42(56-45(36)39)26-25-40-46(44)57-50(51-40)35-22-17-29-9-4-5-12-33(29)27-35/h1-28H. The van der Waals surface area contributed by atoms with Crippen LogP contribution in [0.15, 0.2) is 183 Å². The minimum absolute atomic E-state index is 0.569. The lowest BCUT2D eigenvalue weighted by Gasteiger charge is -2.09. The molecule has 0 saturated heterocycles. The number of aromatic nitrogens is 4. The van der Waals surface area contributed by atoms with E-state index in [1.165, 1.54) is 5.39 Å². The molecule has 4 aromatic heterocycles. The van der Waals surface area contributed by atoms with Gasteiger partial charge < -0.3 is 13.3 Å². The molecule has 0 spiro atoms. The normalized spacial score (nSPS) is 11.9. The Kier molecular flexibility index (Phi) is 6.79. The molecule has 0 atom stereocenters. The molecule has 0 aliphatic rings. The third-order valence-electron chi connectivity index (χ3n) is 10.8. The number of fused-ring (bicyclic) bond motifs is 9. The first-order valence-corrected chi connectivity index (χ1v) is 18.8. The van der Waals surface area contributed by atoms with Crippen molar-refractivity contribution in [1.82, 2.24) is 19.9 Å². The van der Waals surface area contributed by atoms with Crippen molar-refractivity contribution in [2.75, 3.05) is 0 Å². The zero-order chi connectivity index (χ0) is 37.5. The van der Waals surface area contributed by atoms with Crippen LogP contribution in [0.1, 0.15) is 0 Å². The highest BCUT2D eigenvalue weighted by Crippen LogP contribution is 2.41. The van der Waals surface area contributed by atoms with Crippen LogP contribution in [0.25, 0.3) is 122 Å². The van der Waals surface area contributed by atoms with Crippen LogP contribution < -0.4 is 0 Å². The molecular weight excluding hydrogens is 705 g/mol. The zero-order valence-electron chi connectivity index (χ0n) is 30.2. The first-order chi connectivity index (χ1) is 28.2. The Morgan fingerprint density at radius 1 is 0.333 bits per heavy atom. The van der Waals surface area contributed by atoms with E-state index in [9.17, 15) is 0 Å². The number of hydrogen-bond acceptors (Lipinski definition) is 7. The molecule has 0 aliphatic heterocycles. The number of hydrogen-bond donors (Lipinski definition) is 0. The van der Waals surface area contributed by atoms with Gasteiger partial charge in [0, 0.05) is 44.0 Å². The van der Waals surface area contributed by atoms with E-state index in [4.69, 9.17) is 33.2 Å². The monoisotopic (exact) mass is 732 g/mol. The summed E-state index contributed by atoms with van der Waals surface area (Å²) in [7, 11) is 0. The molecule has 0 bridgehead atoms. The molecule has 0 fully saturated rings. The maximum atomic E-state index is 6.58. The lowest BCUT2D eigenvalue weighted by Crippen LogP contribution is -2.00. The highest BCUT2D eigenvalue weighted by Gasteiger charge is 2.20. The van der Waals surface area contributed by atoms with E-state index in [2.05, 4.69) is 84.9 Å². The minimum Gasteiger partial charge on any atom is -0.456 e. The summed E-state index contributed by atoms with van der Waals surface area (Å²) in [5.74, 6) is 2.32. The van der Waals surface area contributed by atoms with Gasteiger partial charge in [0.05, 0.1) is 5.39 Å². The summed E-state index contributed by atoms with van der Waals surface area (Å²) in [6, 6.07) is 57.2. The van der Waals surface area contributed by atoms with Crippen molar-refractivity contribution in [1.29, 1.82) is 0 Å². The van der Waals surface area contributed by atoms with Crippen LogP contribution in [0.4, 0.5) is 0 Å². The quantitative estimate of drug-likeness (QED) is 0.174. The zero-order valence-corrected chi connectivity index (χ0v) is 30.2. The van der Waals surface area contributed by atoms with Gasteiger partial charge >= 0.3 is 0 Å². The van der Waals surface area contributed by atoms with Gasteiger partial charge in [0.1, 0.15) is 27.8 Å². The Bertz CT molecular complexity index is 3530. The Balaban J connectivity index is 0.939. The molecule has 7 nitrogen and oxygen atoms in total. The summed E-state index contributed by atoms with van der Waals surface area (Å²) < 4.78 is 19.3. The van der Waals surface area contributed by atoms with Crippen LogP contribution in [-0.2, 0) is 0 Å². The van der Waals surface area contributed by atoms with E-state index in [0.717, 1.165) is 88.2 Å². The number of furan rings is 2. The summed E-state index contributed by atoms with van der Waals surface area (Å²) in [5, 5.41) is 6.32. The molecule has 8 aromatic carbocycles. The molecule has 0 unspecified atom stereocenters. The van der Waals surface area contributed by atoms with Crippen molar-refractivity contribution in [2.45, 2.75) is 0 Å². The van der Waals surface area contributed by atoms with E-state index in [-0.39, 0.29) is 0 Å². The van der Waals surface area contributed by atoms with Gasteiger partial charge in [0.15, 0.2) is 23.1 Å². The van der Waals surface area contributed by atoms with Gasteiger partial charge in [0.2, 0.25) is 5.89 Å². The molecular formula is C50H28N4O3.